The Bertz CT molecular complexity index is 768. The highest BCUT2D eigenvalue weighted by atomic mass is 32.2. The maximum absolute atomic E-state index is 12.3. The van der Waals surface area contributed by atoms with E-state index in [0.717, 1.165) is 0 Å². The maximum atomic E-state index is 12.3. The smallest absolute Gasteiger partial charge is 0.335 e. The number of aromatic nitrogens is 1. The van der Waals surface area contributed by atoms with Gasteiger partial charge in [0.2, 0.25) is 10.0 Å². The summed E-state index contributed by atoms with van der Waals surface area (Å²) in [5, 5.41) is 10.8. The number of benzene rings is 1. The van der Waals surface area contributed by atoms with Gasteiger partial charge in [-0.3, -0.25) is 0 Å². The van der Waals surface area contributed by atoms with E-state index < -0.39 is 16.0 Å². The van der Waals surface area contributed by atoms with Crippen LogP contribution < -0.4 is 4.72 Å². The highest BCUT2D eigenvalue weighted by Crippen LogP contribution is 2.21. The number of thiazole rings is 1. The lowest BCUT2D eigenvalue weighted by Gasteiger charge is -2.12. The topological polar surface area (TPSA) is 96.4 Å². The molecule has 8 heteroatoms. The summed E-state index contributed by atoms with van der Waals surface area (Å²) in [6.07, 6.45) is 0. The van der Waals surface area contributed by atoms with Crippen LogP contribution in [-0.4, -0.2) is 24.5 Å². The Balaban J connectivity index is 2.37. The minimum atomic E-state index is -3.79. The number of carboxylic acids is 1. The summed E-state index contributed by atoms with van der Waals surface area (Å²) in [5.41, 5.74) is 3.33. The summed E-state index contributed by atoms with van der Waals surface area (Å²) in [6, 6.07) is 2.63. The summed E-state index contributed by atoms with van der Waals surface area (Å²) in [6.45, 7) is 3.40. The fourth-order valence-electron chi connectivity index (χ4n) is 1.80. The average molecular weight is 326 g/mol. The fraction of sp³-hybridized carbons (Fsp3) is 0.231. The van der Waals surface area contributed by atoms with Gasteiger partial charge in [0.25, 0.3) is 0 Å². The van der Waals surface area contributed by atoms with E-state index in [1.165, 1.54) is 23.5 Å². The quantitative estimate of drug-likeness (QED) is 0.875. The molecule has 0 aliphatic rings. The van der Waals surface area contributed by atoms with Crippen LogP contribution in [0.2, 0.25) is 0 Å². The standard InChI is InChI=1S/C13H14N2O4S2/c1-8-3-10(13(16)17)4-12(9(8)2)21(18,19)15-5-11-6-20-7-14-11/h3-4,6-7,15H,5H2,1-2H3,(H,16,17). The first kappa shape index (κ1) is 15.6. The van der Waals surface area contributed by atoms with E-state index in [-0.39, 0.29) is 17.0 Å². The molecular formula is C13H14N2O4S2. The molecule has 0 saturated heterocycles. The van der Waals surface area contributed by atoms with E-state index in [1.54, 1.807) is 24.7 Å². The van der Waals surface area contributed by atoms with Crippen molar-refractivity contribution in [1.82, 2.24) is 9.71 Å². The third kappa shape index (κ3) is 3.46. The first-order valence-electron chi connectivity index (χ1n) is 6.02. The van der Waals surface area contributed by atoms with Crippen LogP contribution >= 0.6 is 11.3 Å². The molecule has 2 rings (SSSR count). The third-order valence-corrected chi connectivity index (χ3v) is 5.25. The highest BCUT2D eigenvalue weighted by Gasteiger charge is 2.20. The van der Waals surface area contributed by atoms with Crippen LogP contribution in [0, 0.1) is 13.8 Å². The molecule has 1 aromatic carbocycles. The molecule has 0 fully saturated rings. The van der Waals surface area contributed by atoms with Crippen LogP contribution in [0.4, 0.5) is 0 Å². The molecule has 0 unspecified atom stereocenters. The van der Waals surface area contributed by atoms with Gasteiger partial charge in [0.1, 0.15) is 0 Å². The van der Waals surface area contributed by atoms with Gasteiger partial charge in [0.05, 0.1) is 28.2 Å². The second-order valence-electron chi connectivity index (χ2n) is 4.53. The first-order chi connectivity index (χ1) is 9.81. The van der Waals surface area contributed by atoms with Gasteiger partial charge >= 0.3 is 5.97 Å². The molecule has 1 heterocycles. The molecule has 0 bridgehead atoms. The van der Waals surface area contributed by atoms with Gasteiger partial charge in [-0.15, -0.1) is 11.3 Å². The van der Waals surface area contributed by atoms with Crippen molar-refractivity contribution < 1.29 is 18.3 Å². The van der Waals surface area contributed by atoms with Crippen LogP contribution in [-0.2, 0) is 16.6 Å². The molecule has 1 aromatic heterocycles. The van der Waals surface area contributed by atoms with Crippen molar-refractivity contribution in [2.75, 3.05) is 0 Å². The molecule has 0 radical (unpaired) electrons. The number of carboxylic acid groups (broad SMARTS) is 1. The lowest BCUT2D eigenvalue weighted by Crippen LogP contribution is -2.24. The Morgan fingerprint density at radius 1 is 1.38 bits per heavy atom. The monoisotopic (exact) mass is 326 g/mol. The number of nitrogens with one attached hydrogen (secondary N) is 1. The molecule has 6 nitrogen and oxygen atoms in total. The van der Waals surface area contributed by atoms with Crippen LogP contribution in [0.5, 0.6) is 0 Å². The Morgan fingerprint density at radius 2 is 2.10 bits per heavy atom. The second-order valence-corrected chi connectivity index (χ2v) is 6.98. The van der Waals surface area contributed by atoms with Gasteiger partial charge in [-0.05, 0) is 37.1 Å². The first-order valence-corrected chi connectivity index (χ1v) is 8.45. The fourth-order valence-corrected chi connectivity index (χ4v) is 3.70. The van der Waals surface area contributed by atoms with Crippen molar-refractivity contribution in [3.63, 3.8) is 0 Å². The summed E-state index contributed by atoms with van der Waals surface area (Å²) in [4.78, 5) is 15.0. The normalized spacial score (nSPS) is 11.5. The number of rotatable bonds is 5. The van der Waals surface area contributed by atoms with Gasteiger partial charge in [0.15, 0.2) is 0 Å². The minimum absolute atomic E-state index is 0.0184. The molecule has 112 valence electrons. The molecule has 21 heavy (non-hydrogen) atoms. The van der Waals surface area contributed by atoms with E-state index >= 15 is 0 Å². The van der Waals surface area contributed by atoms with Crippen molar-refractivity contribution in [1.29, 1.82) is 0 Å². The Kier molecular flexibility index (Phi) is 4.40. The van der Waals surface area contributed by atoms with Gasteiger partial charge in [-0.1, -0.05) is 0 Å². The predicted molar refractivity (Wildman–Crippen MR) is 79.0 cm³/mol. The van der Waals surface area contributed by atoms with Crippen LogP contribution in [0.1, 0.15) is 27.2 Å². The summed E-state index contributed by atoms with van der Waals surface area (Å²) < 4.78 is 27.1. The third-order valence-electron chi connectivity index (χ3n) is 3.08. The Morgan fingerprint density at radius 3 is 2.67 bits per heavy atom. The Labute approximate surface area is 126 Å². The van der Waals surface area contributed by atoms with Crippen molar-refractivity contribution in [3.05, 3.63) is 45.4 Å². The lowest BCUT2D eigenvalue weighted by atomic mass is 10.1. The van der Waals surface area contributed by atoms with Gasteiger partial charge < -0.3 is 5.11 Å². The number of carbonyl (C=O) groups is 1. The van der Waals surface area contributed by atoms with Gasteiger partial charge in [0, 0.05) is 5.38 Å². The molecular weight excluding hydrogens is 312 g/mol. The number of sulfonamides is 1. The Hall–Kier alpha value is -1.77. The second kappa shape index (κ2) is 5.92. The number of aryl methyl sites for hydroxylation is 1. The van der Waals surface area contributed by atoms with Crippen LogP contribution in [0.25, 0.3) is 0 Å². The maximum Gasteiger partial charge on any atom is 0.335 e. The average Bonchev–Trinajstić information content (AvgIpc) is 2.92. The summed E-state index contributed by atoms with van der Waals surface area (Å²) >= 11 is 1.37. The van der Waals surface area contributed by atoms with Gasteiger partial charge in [-0.2, -0.15) is 0 Å². The molecule has 2 N–H and O–H groups in total. The number of hydrogen-bond acceptors (Lipinski definition) is 5. The molecule has 0 spiro atoms. The molecule has 0 atom stereocenters. The number of aromatic carboxylic acids is 1. The lowest BCUT2D eigenvalue weighted by molar-refractivity contribution is 0.0696. The SMILES string of the molecule is Cc1cc(C(=O)O)cc(S(=O)(=O)NCc2cscn2)c1C. The van der Waals surface area contributed by atoms with E-state index in [1.807, 2.05) is 0 Å². The van der Waals surface area contributed by atoms with Crippen LogP contribution in [0.3, 0.4) is 0 Å². The summed E-state index contributed by atoms with van der Waals surface area (Å²) in [5.74, 6) is -1.16. The van der Waals surface area contributed by atoms with Crippen molar-refractivity contribution >= 4 is 27.3 Å². The molecule has 0 aliphatic carbocycles. The van der Waals surface area contributed by atoms with E-state index in [0.29, 0.717) is 16.8 Å². The van der Waals surface area contributed by atoms with Crippen molar-refractivity contribution in [3.8, 4) is 0 Å². The highest BCUT2D eigenvalue weighted by molar-refractivity contribution is 7.89. The van der Waals surface area contributed by atoms with Crippen molar-refractivity contribution in [2.45, 2.75) is 25.3 Å². The molecule has 0 amide bonds. The molecule has 0 aliphatic heterocycles. The van der Waals surface area contributed by atoms with E-state index in [4.69, 9.17) is 5.11 Å². The number of hydrogen-bond donors (Lipinski definition) is 2. The zero-order chi connectivity index (χ0) is 15.6. The van der Waals surface area contributed by atoms with E-state index in [9.17, 15) is 13.2 Å². The molecule has 2 aromatic rings. The summed E-state index contributed by atoms with van der Waals surface area (Å²) in [7, 11) is -3.79. The predicted octanol–water partition coefficient (Wildman–Crippen LogP) is 1.94. The number of nitrogens with zero attached hydrogens (tertiary/aromatic N) is 1. The molecule has 0 saturated carbocycles. The minimum Gasteiger partial charge on any atom is -0.478 e. The van der Waals surface area contributed by atoms with Crippen molar-refractivity contribution in [2.24, 2.45) is 0 Å². The van der Waals surface area contributed by atoms with Gasteiger partial charge in [-0.25, -0.2) is 22.9 Å². The zero-order valence-electron chi connectivity index (χ0n) is 11.5. The van der Waals surface area contributed by atoms with Crippen LogP contribution in [0.15, 0.2) is 27.9 Å². The van der Waals surface area contributed by atoms with E-state index in [2.05, 4.69) is 9.71 Å². The zero-order valence-corrected chi connectivity index (χ0v) is 13.1. The largest absolute Gasteiger partial charge is 0.478 e.